The number of nitrogens with two attached hydrogens (primary N) is 1. The molecule has 0 aliphatic carbocycles. The van der Waals surface area contributed by atoms with E-state index in [1.54, 1.807) is 25.3 Å². The molecule has 0 aromatic heterocycles. The van der Waals surface area contributed by atoms with Gasteiger partial charge in [0.05, 0.1) is 13.7 Å². The van der Waals surface area contributed by atoms with Gasteiger partial charge in [-0.1, -0.05) is 0 Å². The lowest BCUT2D eigenvalue weighted by Gasteiger charge is -2.26. The zero-order chi connectivity index (χ0) is 12.3. The topological polar surface area (TPSA) is 64.8 Å². The zero-order valence-corrected chi connectivity index (χ0v) is 9.81. The van der Waals surface area contributed by atoms with Crippen molar-refractivity contribution in [3.63, 3.8) is 0 Å². The molecule has 0 bridgehead atoms. The molecule has 1 heterocycles. The van der Waals surface area contributed by atoms with E-state index in [9.17, 15) is 4.79 Å². The Morgan fingerprint density at radius 1 is 1.41 bits per heavy atom. The molecule has 1 aliphatic rings. The fourth-order valence-electron chi connectivity index (χ4n) is 1.76. The Morgan fingerprint density at radius 3 is 2.88 bits per heavy atom. The number of hydrogen-bond donors (Lipinski definition) is 1. The first-order chi connectivity index (χ1) is 8.20. The summed E-state index contributed by atoms with van der Waals surface area (Å²) in [4.78, 5) is 17.4. The average molecular weight is 236 g/mol. The first-order valence-electron chi connectivity index (χ1n) is 5.60. The smallest absolute Gasteiger partial charge is 0.277 e. The van der Waals surface area contributed by atoms with Gasteiger partial charge < -0.3 is 10.5 Å². The van der Waals surface area contributed by atoms with Crippen molar-refractivity contribution < 1.29 is 14.4 Å². The van der Waals surface area contributed by atoms with Crippen LogP contribution in [0.25, 0.3) is 0 Å². The minimum Gasteiger partial charge on any atom is -0.497 e. The van der Waals surface area contributed by atoms with Crippen LogP contribution in [0.5, 0.6) is 5.75 Å². The van der Waals surface area contributed by atoms with Gasteiger partial charge in [0.2, 0.25) is 0 Å². The van der Waals surface area contributed by atoms with E-state index in [1.165, 1.54) is 5.06 Å². The Hall–Kier alpha value is -1.75. The molecule has 5 heteroatoms. The summed E-state index contributed by atoms with van der Waals surface area (Å²) in [5.74, 6) is 0.403. The molecule has 92 valence electrons. The van der Waals surface area contributed by atoms with Gasteiger partial charge in [0, 0.05) is 23.9 Å². The van der Waals surface area contributed by atoms with Crippen LogP contribution in [-0.2, 0) is 4.84 Å². The highest BCUT2D eigenvalue weighted by atomic mass is 16.7. The number of benzene rings is 1. The largest absolute Gasteiger partial charge is 0.497 e. The molecule has 1 aromatic rings. The van der Waals surface area contributed by atoms with E-state index >= 15 is 0 Å². The monoisotopic (exact) mass is 236 g/mol. The second-order valence-electron chi connectivity index (χ2n) is 3.94. The van der Waals surface area contributed by atoms with E-state index in [-0.39, 0.29) is 5.91 Å². The van der Waals surface area contributed by atoms with Crippen molar-refractivity contribution in [2.75, 3.05) is 26.0 Å². The summed E-state index contributed by atoms with van der Waals surface area (Å²) in [5.41, 5.74) is 6.70. The third-order valence-electron chi connectivity index (χ3n) is 2.64. The summed E-state index contributed by atoms with van der Waals surface area (Å²) < 4.78 is 5.08. The summed E-state index contributed by atoms with van der Waals surface area (Å²) in [6, 6.07) is 4.97. The molecule has 0 saturated carbocycles. The lowest BCUT2D eigenvalue weighted by molar-refractivity contribution is -0.144. The van der Waals surface area contributed by atoms with Crippen LogP contribution in [0, 0.1) is 0 Å². The Kier molecular flexibility index (Phi) is 3.49. The van der Waals surface area contributed by atoms with Gasteiger partial charge in [0.25, 0.3) is 5.91 Å². The van der Waals surface area contributed by atoms with Crippen molar-refractivity contribution in [2.45, 2.75) is 12.8 Å². The quantitative estimate of drug-likeness (QED) is 0.789. The Bertz CT molecular complexity index is 414. The predicted octanol–water partition coefficient (Wildman–Crippen LogP) is 1.45. The van der Waals surface area contributed by atoms with E-state index < -0.39 is 0 Å². The van der Waals surface area contributed by atoms with Crippen LogP contribution in [0.3, 0.4) is 0 Å². The number of carbonyl (C=O) groups is 1. The van der Waals surface area contributed by atoms with E-state index in [4.69, 9.17) is 15.3 Å². The molecule has 17 heavy (non-hydrogen) atoms. The van der Waals surface area contributed by atoms with Crippen molar-refractivity contribution in [1.29, 1.82) is 0 Å². The van der Waals surface area contributed by atoms with Crippen LogP contribution in [0.1, 0.15) is 23.2 Å². The summed E-state index contributed by atoms with van der Waals surface area (Å²) in [7, 11) is 1.54. The first kappa shape index (κ1) is 11.7. The molecule has 0 unspecified atom stereocenters. The van der Waals surface area contributed by atoms with Gasteiger partial charge in [-0.3, -0.25) is 9.63 Å². The molecular weight excluding hydrogens is 220 g/mol. The number of amides is 1. The van der Waals surface area contributed by atoms with E-state index in [2.05, 4.69) is 0 Å². The standard InChI is InChI=1S/C12H16N2O3/c1-16-11-7-9(6-10(13)8-11)12(15)14-4-2-3-5-17-14/h6-8H,2-5,13H2,1H3. The summed E-state index contributed by atoms with van der Waals surface area (Å²) in [6.07, 6.45) is 1.95. The van der Waals surface area contributed by atoms with Gasteiger partial charge in [-0.25, -0.2) is 5.06 Å². The number of hydrogen-bond acceptors (Lipinski definition) is 4. The van der Waals surface area contributed by atoms with Crippen molar-refractivity contribution in [3.8, 4) is 5.75 Å². The lowest BCUT2D eigenvalue weighted by Crippen LogP contribution is -2.35. The van der Waals surface area contributed by atoms with E-state index in [1.807, 2.05) is 0 Å². The van der Waals surface area contributed by atoms with Crippen molar-refractivity contribution >= 4 is 11.6 Å². The lowest BCUT2D eigenvalue weighted by atomic mass is 10.1. The van der Waals surface area contributed by atoms with Crippen LogP contribution >= 0.6 is 0 Å². The molecule has 0 spiro atoms. The number of carbonyl (C=O) groups excluding carboxylic acids is 1. The molecule has 0 radical (unpaired) electrons. The van der Waals surface area contributed by atoms with E-state index in [0.717, 1.165) is 12.8 Å². The summed E-state index contributed by atoms with van der Waals surface area (Å²) in [6.45, 7) is 1.21. The third-order valence-corrected chi connectivity index (χ3v) is 2.64. The number of anilines is 1. The van der Waals surface area contributed by atoms with Crippen molar-refractivity contribution in [3.05, 3.63) is 23.8 Å². The molecule has 1 fully saturated rings. The first-order valence-corrected chi connectivity index (χ1v) is 5.60. The molecule has 2 N–H and O–H groups in total. The average Bonchev–Trinajstić information content (AvgIpc) is 2.38. The second-order valence-corrected chi connectivity index (χ2v) is 3.94. The van der Waals surface area contributed by atoms with Crippen LogP contribution in [0.4, 0.5) is 5.69 Å². The third kappa shape index (κ3) is 2.68. The molecule has 5 nitrogen and oxygen atoms in total. The number of rotatable bonds is 2. The highest BCUT2D eigenvalue weighted by molar-refractivity contribution is 5.95. The fraction of sp³-hybridized carbons (Fsp3) is 0.417. The van der Waals surface area contributed by atoms with Gasteiger partial charge in [0.1, 0.15) is 5.75 Å². The van der Waals surface area contributed by atoms with Crippen LogP contribution in [0.15, 0.2) is 18.2 Å². The van der Waals surface area contributed by atoms with Crippen LogP contribution in [0.2, 0.25) is 0 Å². The number of hydroxylamine groups is 2. The van der Waals surface area contributed by atoms with Gasteiger partial charge in [-0.15, -0.1) is 0 Å². The number of methoxy groups -OCH3 is 1. The maximum Gasteiger partial charge on any atom is 0.277 e. The molecular formula is C12H16N2O3. The summed E-state index contributed by atoms with van der Waals surface area (Å²) in [5, 5.41) is 1.39. The highest BCUT2D eigenvalue weighted by Crippen LogP contribution is 2.20. The SMILES string of the molecule is COc1cc(N)cc(C(=O)N2CCCCO2)c1. The van der Waals surface area contributed by atoms with Crippen molar-refractivity contribution in [1.82, 2.24) is 5.06 Å². The fourth-order valence-corrected chi connectivity index (χ4v) is 1.76. The van der Waals surface area contributed by atoms with Crippen molar-refractivity contribution in [2.24, 2.45) is 0 Å². The molecule has 1 amide bonds. The molecule has 2 rings (SSSR count). The summed E-state index contributed by atoms with van der Waals surface area (Å²) >= 11 is 0. The predicted molar refractivity (Wildman–Crippen MR) is 63.6 cm³/mol. The maximum atomic E-state index is 12.1. The zero-order valence-electron chi connectivity index (χ0n) is 9.81. The molecule has 1 aliphatic heterocycles. The van der Waals surface area contributed by atoms with Gasteiger partial charge >= 0.3 is 0 Å². The molecule has 0 atom stereocenters. The Labute approximate surface area is 100 Å². The van der Waals surface area contributed by atoms with E-state index in [0.29, 0.717) is 30.2 Å². The molecule has 1 saturated heterocycles. The second kappa shape index (κ2) is 5.05. The number of nitrogen functional groups attached to an aromatic ring is 1. The normalized spacial score (nSPS) is 15.7. The van der Waals surface area contributed by atoms with Gasteiger partial charge in [-0.2, -0.15) is 0 Å². The van der Waals surface area contributed by atoms with Gasteiger partial charge in [0.15, 0.2) is 0 Å². The van der Waals surface area contributed by atoms with Crippen LogP contribution < -0.4 is 10.5 Å². The highest BCUT2D eigenvalue weighted by Gasteiger charge is 2.20. The minimum absolute atomic E-state index is 0.171. The van der Waals surface area contributed by atoms with Gasteiger partial charge in [-0.05, 0) is 25.0 Å². The van der Waals surface area contributed by atoms with Crippen LogP contribution in [-0.4, -0.2) is 31.2 Å². The molecule has 1 aromatic carbocycles. The number of ether oxygens (including phenoxy) is 1. The Morgan fingerprint density at radius 2 is 2.24 bits per heavy atom. The Balaban J connectivity index is 2.20. The maximum absolute atomic E-state index is 12.1. The number of nitrogens with zero attached hydrogens (tertiary/aromatic N) is 1. The minimum atomic E-state index is -0.171.